The lowest BCUT2D eigenvalue weighted by Crippen LogP contribution is -2.34. The standard InChI is InChI=1S/C7H14ClNO2S/c8-4-5-12(10,11)9-6-7-2-1-3-7/h7,9H,1-6H2. The average Bonchev–Trinajstić information content (AvgIpc) is 1.82. The zero-order chi connectivity index (χ0) is 9.03. The van der Waals surface area contributed by atoms with Crippen LogP contribution in [0.25, 0.3) is 0 Å². The van der Waals surface area contributed by atoms with Crippen molar-refractivity contribution >= 4 is 21.6 Å². The second-order valence-electron chi connectivity index (χ2n) is 3.15. The molecule has 72 valence electrons. The maximum atomic E-state index is 11.1. The molecule has 0 aromatic heterocycles. The minimum atomic E-state index is -3.08. The molecule has 1 rings (SSSR count). The molecular weight excluding hydrogens is 198 g/mol. The maximum Gasteiger partial charge on any atom is 0.212 e. The van der Waals surface area contributed by atoms with Crippen LogP contribution in [0.15, 0.2) is 0 Å². The van der Waals surface area contributed by atoms with Crippen molar-refractivity contribution in [1.29, 1.82) is 0 Å². The predicted molar refractivity (Wildman–Crippen MR) is 49.9 cm³/mol. The summed E-state index contributed by atoms with van der Waals surface area (Å²) >= 11 is 5.33. The molecule has 5 heteroatoms. The first kappa shape index (κ1) is 10.3. The van der Waals surface area contributed by atoms with Crippen molar-refractivity contribution in [2.75, 3.05) is 18.2 Å². The molecule has 1 fully saturated rings. The second-order valence-corrected chi connectivity index (χ2v) is 5.46. The van der Waals surface area contributed by atoms with Crippen molar-refractivity contribution in [3.63, 3.8) is 0 Å². The van der Waals surface area contributed by atoms with Crippen LogP contribution in [0.3, 0.4) is 0 Å². The van der Waals surface area contributed by atoms with E-state index in [0.717, 1.165) is 12.8 Å². The van der Waals surface area contributed by atoms with Crippen LogP contribution in [0.5, 0.6) is 0 Å². The van der Waals surface area contributed by atoms with Crippen LogP contribution in [0.1, 0.15) is 19.3 Å². The zero-order valence-corrected chi connectivity index (χ0v) is 8.50. The van der Waals surface area contributed by atoms with Gasteiger partial charge in [-0.2, -0.15) is 0 Å². The molecule has 0 aromatic carbocycles. The Kier molecular flexibility index (Phi) is 3.80. The van der Waals surface area contributed by atoms with E-state index in [4.69, 9.17) is 11.6 Å². The monoisotopic (exact) mass is 211 g/mol. The molecule has 0 spiro atoms. The van der Waals surface area contributed by atoms with Gasteiger partial charge in [0.15, 0.2) is 0 Å². The van der Waals surface area contributed by atoms with Crippen LogP contribution in [-0.4, -0.2) is 26.6 Å². The number of halogens is 1. The van der Waals surface area contributed by atoms with E-state index in [0.29, 0.717) is 12.5 Å². The molecule has 0 saturated heterocycles. The van der Waals surface area contributed by atoms with Crippen molar-refractivity contribution in [2.24, 2.45) is 5.92 Å². The summed E-state index contributed by atoms with van der Waals surface area (Å²) in [5.74, 6) is 0.761. The highest BCUT2D eigenvalue weighted by Gasteiger charge is 2.19. The number of hydrogen-bond acceptors (Lipinski definition) is 2. The Morgan fingerprint density at radius 1 is 1.42 bits per heavy atom. The highest BCUT2D eigenvalue weighted by molar-refractivity contribution is 7.89. The Morgan fingerprint density at radius 3 is 2.50 bits per heavy atom. The fraction of sp³-hybridized carbons (Fsp3) is 1.00. The number of hydrogen-bond donors (Lipinski definition) is 1. The quantitative estimate of drug-likeness (QED) is 0.689. The van der Waals surface area contributed by atoms with E-state index in [-0.39, 0.29) is 11.6 Å². The summed E-state index contributed by atoms with van der Waals surface area (Å²) in [6, 6.07) is 0. The summed E-state index contributed by atoms with van der Waals surface area (Å²) < 4.78 is 24.7. The largest absolute Gasteiger partial charge is 0.215 e. The first-order valence-corrected chi connectivity index (χ1v) is 6.36. The van der Waals surface area contributed by atoms with E-state index < -0.39 is 10.0 Å². The van der Waals surface area contributed by atoms with Gasteiger partial charge in [0.1, 0.15) is 0 Å². The number of alkyl halides is 1. The Hall–Kier alpha value is 0.200. The van der Waals surface area contributed by atoms with E-state index in [1.807, 2.05) is 0 Å². The van der Waals surface area contributed by atoms with Crippen molar-refractivity contribution < 1.29 is 8.42 Å². The van der Waals surface area contributed by atoms with Crippen LogP contribution < -0.4 is 4.72 Å². The molecule has 0 aliphatic heterocycles. The molecule has 1 N–H and O–H groups in total. The fourth-order valence-electron chi connectivity index (χ4n) is 1.12. The minimum absolute atomic E-state index is 0.0290. The summed E-state index contributed by atoms with van der Waals surface area (Å²) in [4.78, 5) is 0. The topological polar surface area (TPSA) is 46.2 Å². The van der Waals surface area contributed by atoms with Gasteiger partial charge >= 0.3 is 0 Å². The third-order valence-electron chi connectivity index (χ3n) is 2.16. The average molecular weight is 212 g/mol. The van der Waals surface area contributed by atoms with Crippen LogP contribution in [0.2, 0.25) is 0 Å². The lowest BCUT2D eigenvalue weighted by molar-refractivity contribution is 0.316. The van der Waals surface area contributed by atoms with E-state index in [2.05, 4.69) is 4.72 Å². The van der Waals surface area contributed by atoms with Gasteiger partial charge in [0, 0.05) is 12.4 Å². The zero-order valence-electron chi connectivity index (χ0n) is 6.92. The van der Waals surface area contributed by atoms with E-state index in [1.54, 1.807) is 0 Å². The van der Waals surface area contributed by atoms with Crippen molar-refractivity contribution in [3.05, 3.63) is 0 Å². The summed E-state index contributed by atoms with van der Waals surface area (Å²) in [7, 11) is -3.08. The number of sulfonamides is 1. The van der Waals surface area contributed by atoms with Crippen LogP contribution >= 0.6 is 11.6 Å². The molecule has 0 unspecified atom stereocenters. The second kappa shape index (κ2) is 4.44. The third kappa shape index (κ3) is 3.29. The van der Waals surface area contributed by atoms with Gasteiger partial charge in [-0.3, -0.25) is 0 Å². The molecule has 0 heterocycles. The van der Waals surface area contributed by atoms with Crippen molar-refractivity contribution in [3.8, 4) is 0 Å². The first-order chi connectivity index (χ1) is 5.64. The van der Waals surface area contributed by atoms with Gasteiger partial charge in [-0.15, -0.1) is 11.6 Å². The van der Waals surface area contributed by atoms with Crippen molar-refractivity contribution in [2.45, 2.75) is 19.3 Å². The summed E-state index contributed by atoms with van der Waals surface area (Å²) in [5.41, 5.74) is 0. The maximum absolute atomic E-state index is 11.1. The highest BCUT2D eigenvalue weighted by atomic mass is 35.5. The SMILES string of the molecule is O=S(=O)(CCCl)NCC1CCC1. The Bertz CT molecular complexity index is 224. The minimum Gasteiger partial charge on any atom is -0.215 e. The Labute approximate surface area is 78.5 Å². The fourth-order valence-corrected chi connectivity index (χ4v) is 2.56. The van der Waals surface area contributed by atoms with E-state index in [9.17, 15) is 8.42 Å². The molecule has 1 aliphatic carbocycles. The molecule has 3 nitrogen and oxygen atoms in total. The van der Waals surface area contributed by atoms with Gasteiger partial charge in [0.25, 0.3) is 0 Å². The normalized spacial score (nSPS) is 19.1. The Balaban J connectivity index is 2.20. The lowest BCUT2D eigenvalue weighted by Gasteiger charge is -2.25. The predicted octanol–water partition coefficient (Wildman–Crippen LogP) is 0.945. The smallest absolute Gasteiger partial charge is 0.212 e. The first-order valence-electron chi connectivity index (χ1n) is 4.17. The third-order valence-corrected chi connectivity index (χ3v) is 3.92. The van der Waals surface area contributed by atoms with Crippen molar-refractivity contribution in [1.82, 2.24) is 4.72 Å². The van der Waals surface area contributed by atoms with E-state index in [1.165, 1.54) is 6.42 Å². The van der Waals surface area contributed by atoms with E-state index >= 15 is 0 Å². The van der Waals surface area contributed by atoms with Crippen LogP contribution in [-0.2, 0) is 10.0 Å². The summed E-state index contributed by atoms with van der Waals surface area (Å²) in [6.07, 6.45) is 3.55. The number of nitrogens with one attached hydrogen (secondary N) is 1. The molecule has 1 saturated carbocycles. The molecule has 0 aromatic rings. The molecular formula is C7H14ClNO2S. The van der Waals surface area contributed by atoms with Gasteiger partial charge in [0.05, 0.1) is 5.75 Å². The summed E-state index contributed by atoms with van der Waals surface area (Å²) in [5, 5.41) is 0. The van der Waals surface area contributed by atoms with Gasteiger partial charge in [-0.25, -0.2) is 13.1 Å². The number of rotatable bonds is 5. The highest BCUT2D eigenvalue weighted by Crippen LogP contribution is 2.25. The molecule has 0 atom stereocenters. The van der Waals surface area contributed by atoms with Crippen LogP contribution in [0, 0.1) is 5.92 Å². The summed E-state index contributed by atoms with van der Waals surface area (Å²) in [6.45, 7) is 0.596. The molecule has 12 heavy (non-hydrogen) atoms. The van der Waals surface area contributed by atoms with Gasteiger partial charge < -0.3 is 0 Å². The Morgan fingerprint density at radius 2 is 2.08 bits per heavy atom. The van der Waals surface area contributed by atoms with Gasteiger partial charge in [0.2, 0.25) is 10.0 Å². The lowest BCUT2D eigenvalue weighted by atomic mass is 9.86. The van der Waals surface area contributed by atoms with Crippen LogP contribution in [0.4, 0.5) is 0 Å². The molecule has 0 radical (unpaired) electrons. The molecule has 0 bridgehead atoms. The van der Waals surface area contributed by atoms with Gasteiger partial charge in [-0.05, 0) is 18.8 Å². The molecule has 0 amide bonds. The molecule has 1 aliphatic rings. The van der Waals surface area contributed by atoms with Gasteiger partial charge in [-0.1, -0.05) is 6.42 Å².